The summed E-state index contributed by atoms with van der Waals surface area (Å²) in [4.78, 5) is 36.6. The third-order valence-corrected chi connectivity index (χ3v) is 8.56. The molecule has 50 heavy (non-hydrogen) atoms. The number of aliphatic carboxylic acids is 1. The van der Waals surface area contributed by atoms with Crippen molar-refractivity contribution in [2.24, 2.45) is 0 Å². The highest BCUT2D eigenvalue weighted by molar-refractivity contribution is 5.70. The van der Waals surface area contributed by atoms with Crippen LogP contribution >= 0.6 is 0 Å². The highest BCUT2D eigenvalue weighted by Gasteiger charge is 2.25. The molecule has 0 spiro atoms. The Kier molecular flexibility index (Phi) is 31.6. The Balaban J connectivity index is 4.43. The normalized spacial score (nSPS) is 13.5. The lowest BCUT2D eigenvalue weighted by Gasteiger charge is -2.34. The minimum absolute atomic E-state index is 0.0306. The molecule has 0 aromatic carbocycles. The number of hydrogen-bond acceptors (Lipinski definition) is 7. The van der Waals surface area contributed by atoms with Crippen molar-refractivity contribution in [1.82, 2.24) is 0 Å². The van der Waals surface area contributed by atoms with Crippen molar-refractivity contribution < 1.29 is 38.2 Å². The summed E-state index contributed by atoms with van der Waals surface area (Å²) in [6.07, 6.45) is 37.1. The molecule has 288 valence electrons. The van der Waals surface area contributed by atoms with E-state index in [2.05, 4.69) is 50.3 Å². The summed E-state index contributed by atoms with van der Waals surface area (Å²) in [7, 11) is 5.38. The molecule has 0 bridgehead atoms. The van der Waals surface area contributed by atoms with E-state index in [0.29, 0.717) is 12.8 Å². The van der Waals surface area contributed by atoms with E-state index in [1.165, 1.54) is 51.4 Å². The summed E-state index contributed by atoms with van der Waals surface area (Å²) in [5.41, 5.74) is 0. The lowest BCUT2D eigenvalue weighted by molar-refractivity contribution is -0.889. The number of carbonyl (C=O) groups excluding carboxylic acids is 3. The first-order chi connectivity index (χ1) is 24.1. The number of rotatable bonds is 34. The van der Waals surface area contributed by atoms with Gasteiger partial charge >= 0.3 is 11.9 Å². The number of ether oxygens (including phenoxy) is 3. The lowest BCUT2D eigenvalue weighted by atomic mass is 10.1. The molecule has 0 aliphatic heterocycles. The van der Waals surface area contributed by atoms with Crippen LogP contribution in [0.5, 0.6) is 0 Å². The molecule has 0 radical (unpaired) electrons. The molecule has 8 heteroatoms. The third kappa shape index (κ3) is 31.3. The van der Waals surface area contributed by atoms with Gasteiger partial charge in [-0.05, 0) is 38.5 Å². The molecule has 0 aliphatic carbocycles. The van der Waals surface area contributed by atoms with E-state index >= 15 is 0 Å². The van der Waals surface area contributed by atoms with Gasteiger partial charge < -0.3 is 28.6 Å². The molecular formula is C42H73NO7. The Morgan fingerprint density at radius 2 is 1.06 bits per heavy atom. The van der Waals surface area contributed by atoms with E-state index in [9.17, 15) is 19.5 Å². The first-order valence-corrected chi connectivity index (χ1v) is 19.7. The summed E-state index contributed by atoms with van der Waals surface area (Å²) in [5, 5.41) is 11.6. The van der Waals surface area contributed by atoms with Gasteiger partial charge in [0.05, 0.1) is 40.3 Å². The number of nitrogens with zero attached hydrogens (tertiary/aromatic N) is 1. The van der Waals surface area contributed by atoms with E-state index in [1.54, 1.807) is 21.1 Å². The van der Waals surface area contributed by atoms with Crippen LogP contribution in [-0.2, 0) is 28.6 Å². The number of hydrogen-bond donors (Lipinski definition) is 0. The van der Waals surface area contributed by atoms with E-state index in [1.807, 2.05) is 12.2 Å². The molecular weight excluding hydrogens is 630 g/mol. The van der Waals surface area contributed by atoms with Crippen LogP contribution in [0.2, 0.25) is 0 Å². The lowest BCUT2D eigenvalue weighted by Crippen LogP contribution is -2.55. The molecule has 0 rings (SSSR count). The number of carbonyl (C=O) groups is 3. The standard InChI is InChI=1S/C42H73NO7/c1-6-8-10-12-14-16-17-18-19-20-21-22-23-24-25-27-29-31-33-41(45)50-38(36-48-35-34-39(42(46)47)43(3,4)5)37-49-40(44)32-30-28-26-15-13-11-9-7-2/h14,16-22,38-39H,6-13,15,23-37H2,1-5H3/b16-14+,18-17+,20-19+,22-21+. The summed E-state index contributed by atoms with van der Waals surface area (Å²) in [5.74, 6) is -1.78. The minimum Gasteiger partial charge on any atom is -0.544 e. The average molecular weight is 704 g/mol. The molecule has 2 unspecified atom stereocenters. The zero-order valence-electron chi connectivity index (χ0n) is 32.5. The molecule has 0 saturated carbocycles. The maximum Gasteiger partial charge on any atom is 0.306 e. The van der Waals surface area contributed by atoms with E-state index < -0.39 is 18.1 Å². The van der Waals surface area contributed by atoms with Gasteiger partial charge in [0.2, 0.25) is 0 Å². The Morgan fingerprint density at radius 1 is 0.600 bits per heavy atom. The number of carboxylic acid groups (broad SMARTS) is 1. The number of likely N-dealkylation sites (N-methyl/N-ethyl adjacent to an activating group) is 1. The predicted octanol–water partition coefficient (Wildman–Crippen LogP) is 8.74. The Morgan fingerprint density at radius 3 is 1.60 bits per heavy atom. The predicted molar refractivity (Wildman–Crippen MR) is 203 cm³/mol. The van der Waals surface area contributed by atoms with E-state index in [4.69, 9.17) is 14.2 Å². The fourth-order valence-electron chi connectivity index (χ4n) is 5.43. The molecule has 0 saturated heterocycles. The highest BCUT2D eigenvalue weighted by atomic mass is 16.6. The van der Waals surface area contributed by atoms with E-state index in [-0.39, 0.29) is 42.7 Å². The van der Waals surface area contributed by atoms with Gasteiger partial charge in [-0.25, -0.2) is 0 Å². The van der Waals surface area contributed by atoms with Crippen molar-refractivity contribution in [3.8, 4) is 0 Å². The molecule has 0 aromatic heterocycles. The molecule has 2 atom stereocenters. The summed E-state index contributed by atoms with van der Waals surface area (Å²) >= 11 is 0. The topological polar surface area (TPSA) is 102 Å². The maximum absolute atomic E-state index is 12.6. The molecule has 8 nitrogen and oxygen atoms in total. The van der Waals surface area contributed by atoms with Crippen LogP contribution in [0.15, 0.2) is 48.6 Å². The second-order valence-electron chi connectivity index (χ2n) is 14.3. The van der Waals surface area contributed by atoms with Crippen LogP contribution in [0.1, 0.15) is 149 Å². The minimum atomic E-state index is -1.13. The first-order valence-electron chi connectivity index (χ1n) is 19.7. The number of allylic oxidation sites excluding steroid dienone is 8. The zero-order valence-corrected chi connectivity index (χ0v) is 32.5. The molecule has 0 aromatic rings. The fourth-order valence-corrected chi connectivity index (χ4v) is 5.43. The van der Waals surface area contributed by atoms with Gasteiger partial charge in [-0.15, -0.1) is 0 Å². The van der Waals surface area contributed by atoms with Crippen LogP contribution < -0.4 is 5.11 Å². The van der Waals surface area contributed by atoms with Gasteiger partial charge in [-0.3, -0.25) is 9.59 Å². The third-order valence-electron chi connectivity index (χ3n) is 8.56. The van der Waals surface area contributed by atoms with Gasteiger partial charge in [0.15, 0.2) is 6.10 Å². The Hall–Kier alpha value is -2.71. The Labute approximate surface area is 306 Å². The number of quaternary nitrogens is 1. The van der Waals surface area contributed by atoms with Gasteiger partial charge in [0.25, 0.3) is 0 Å². The van der Waals surface area contributed by atoms with Gasteiger partial charge in [0, 0.05) is 19.3 Å². The van der Waals surface area contributed by atoms with Gasteiger partial charge in [-0.2, -0.15) is 0 Å². The highest BCUT2D eigenvalue weighted by Crippen LogP contribution is 2.13. The quantitative estimate of drug-likeness (QED) is 0.0286. The molecule has 0 heterocycles. The van der Waals surface area contributed by atoms with Crippen LogP contribution in [-0.4, -0.2) is 75.5 Å². The number of carboxylic acids is 1. The monoisotopic (exact) mass is 704 g/mol. The van der Waals surface area contributed by atoms with E-state index in [0.717, 1.165) is 64.2 Å². The van der Waals surface area contributed by atoms with Crippen LogP contribution in [0, 0.1) is 0 Å². The molecule has 0 aliphatic rings. The van der Waals surface area contributed by atoms with Gasteiger partial charge in [0.1, 0.15) is 12.6 Å². The van der Waals surface area contributed by atoms with Gasteiger partial charge in [-0.1, -0.05) is 140 Å². The fraction of sp³-hybridized carbons (Fsp3) is 0.738. The molecule has 0 N–H and O–H groups in total. The second kappa shape index (κ2) is 33.4. The maximum atomic E-state index is 12.6. The Bertz CT molecular complexity index is 964. The molecule has 0 amide bonds. The van der Waals surface area contributed by atoms with Crippen LogP contribution in [0.4, 0.5) is 0 Å². The zero-order chi connectivity index (χ0) is 37.1. The SMILES string of the molecule is CCCCC/C=C/C=C/C=C/C=C/CCCCCCCC(=O)OC(COCCC(C(=O)[O-])[N+](C)(C)C)COC(=O)CCCCCCCCCC. The van der Waals surface area contributed by atoms with Crippen LogP contribution in [0.25, 0.3) is 0 Å². The van der Waals surface area contributed by atoms with Crippen molar-refractivity contribution in [2.75, 3.05) is 41.0 Å². The summed E-state index contributed by atoms with van der Waals surface area (Å²) in [6.45, 7) is 4.55. The van der Waals surface area contributed by atoms with Crippen molar-refractivity contribution in [3.63, 3.8) is 0 Å². The second-order valence-corrected chi connectivity index (χ2v) is 14.3. The van der Waals surface area contributed by atoms with Crippen molar-refractivity contribution in [3.05, 3.63) is 48.6 Å². The first kappa shape index (κ1) is 47.3. The van der Waals surface area contributed by atoms with Crippen molar-refractivity contribution in [2.45, 2.75) is 161 Å². The van der Waals surface area contributed by atoms with Crippen molar-refractivity contribution in [1.29, 1.82) is 0 Å². The average Bonchev–Trinajstić information content (AvgIpc) is 3.06. The van der Waals surface area contributed by atoms with Crippen molar-refractivity contribution >= 4 is 17.9 Å². The smallest absolute Gasteiger partial charge is 0.306 e. The number of esters is 2. The summed E-state index contributed by atoms with van der Waals surface area (Å²) in [6, 6.07) is -0.729. The largest absolute Gasteiger partial charge is 0.544 e. The van der Waals surface area contributed by atoms with Crippen LogP contribution in [0.3, 0.4) is 0 Å². The summed E-state index contributed by atoms with van der Waals surface area (Å²) < 4.78 is 17.0. The number of unbranched alkanes of at least 4 members (excludes halogenated alkanes) is 15. The molecule has 0 fully saturated rings.